The van der Waals surface area contributed by atoms with Gasteiger partial charge in [0.25, 0.3) is 0 Å². The van der Waals surface area contributed by atoms with Crippen LogP contribution in [0.15, 0.2) is 0 Å². The second-order valence-corrected chi connectivity index (χ2v) is 6.26. The van der Waals surface area contributed by atoms with E-state index in [2.05, 4.69) is 10.9 Å². The maximum Gasteiger partial charge on any atom is 0.237 e. The van der Waals surface area contributed by atoms with Crippen molar-refractivity contribution < 1.29 is 9.59 Å². The second-order valence-electron chi connectivity index (χ2n) is 6.26. The Morgan fingerprint density at radius 1 is 0.800 bits per heavy atom. The van der Waals surface area contributed by atoms with Gasteiger partial charge in [0.1, 0.15) is 0 Å². The predicted molar refractivity (Wildman–Crippen MR) is 78.7 cm³/mol. The van der Waals surface area contributed by atoms with Gasteiger partial charge in [0.15, 0.2) is 0 Å². The fourth-order valence-corrected chi connectivity index (χ4v) is 3.06. The Morgan fingerprint density at radius 2 is 1.10 bits per heavy atom. The highest BCUT2D eigenvalue weighted by Crippen LogP contribution is 2.71. The Bertz CT molecular complexity index is 372. The zero-order chi connectivity index (χ0) is 13.0. The van der Waals surface area contributed by atoms with Crippen molar-refractivity contribution in [2.24, 2.45) is 34.4 Å². The van der Waals surface area contributed by atoms with E-state index in [1.54, 1.807) is 0 Å². The zero-order valence-corrected chi connectivity index (χ0v) is 12.8. The first-order valence-electron chi connectivity index (χ1n) is 6.58. The lowest BCUT2D eigenvalue weighted by Crippen LogP contribution is -2.31. The average molecular weight is 325 g/mol. The van der Waals surface area contributed by atoms with Crippen LogP contribution in [0.3, 0.4) is 0 Å². The fourth-order valence-electron chi connectivity index (χ4n) is 3.06. The molecule has 116 valence electrons. The lowest BCUT2D eigenvalue weighted by molar-refractivity contribution is -0.123. The first kappa shape index (κ1) is 17.5. The van der Waals surface area contributed by atoms with E-state index in [0.29, 0.717) is 10.8 Å². The number of rotatable bonds is 2. The van der Waals surface area contributed by atoms with Gasteiger partial charge in [0.2, 0.25) is 11.8 Å². The van der Waals surface area contributed by atoms with E-state index in [1.165, 1.54) is 25.7 Å². The average Bonchev–Trinajstić information content (AvgIpc) is 3.27. The number of nitrogens with two attached hydrogens (primary N) is 2. The Hall–Kier alpha value is -0.560. The minimum atomic E-state index is 0. The van der Waals surface area contributed by atoms with Gasteiger partial charge in [-0.2, -0.15) is 0 Å². The SMILES string of the molecule is Cl.Cl.NNC(=O)C1CC12CC2.NNC(=O)C1CC12CC2. The summed E-state index contributed by atoms with van der Waals surface area (Å²) >= 11 is 0. The van der Waals surface area contributed by atoms with Crippen LogP contribution >= 0.6 is 24.8 Å². The molecule has 0 aliphatic heterocycles. The van der Waals surface area contributed by atoms with Gasteiger partial charge in [-0.1, -0.05) is 0 Å². The molecule has 2 amide bonds. The molecule has 4 fully saturated rings. The largest absolute Gasteiger partial charge is 0.294 e. The Morgan fingerprint density at radius 3 is 1.25 bits per heavy atom. The standard InChI is InChI=1S/2C6H10N2O.2ClH/c2*7-8-5(9)4-3-6(4)1-2-6;;/h2*4H,1-3,7H2,(H,8,9);2*1H. The highest BCUT2D eigenvalue weighted by Gasteiger charge is 2.66. The normalized spacial score (nSPS) is 30.7. The molecule has 6 nitrogen and oxygen atoms in total. The molecule has 2 atom stereocenters. The fraction of sp³-hybridized carbons (Fsp3) is 0.833. The maximum absolute atomic E-state index is 10.8. The van der Waals surface area contributed by atoms with E-state index >= 15 is 0 Å². The smallest absolute Gasteiger partial charge is 0.237 e. The number of amides is 2. The highest BCUT2D eigenvalue weighted by atomic mass is 35.5. The Balaban J connectivity index is 0.000000182. The van der Waals surface area contributed by atoms with Crippen LogP contribution in [0, 0.1) is 22.7 Å². The molecular formula is C12H22Cl2N4O2. The van der Waals surface area contributed by atoms with Crippen LogP contribution in [0.1, 0.15) is 38.5 Å². The molecule has 8 heteroatoms. The molecule has 0 heterocycles. The summed E-state index contributed by atoms with van der Waals surface area (Å²) in [5.74, 6) is 10.5. The van der Waals surface area contributed by atoms with Crippen LogP contribution in [0.25, 0.3) is 0 Å². The minimum Gasteiger partial charge on any atom is -0.294 e. The number of hydrazine groups is 2. The Labute approximate surface area is 130 Å². The van der Waals surface area contributed by atoms with E-state index in [0.717, 1.165) is 12.8 Å². The molecule has 4 saturated carbocycles. The van der Waals surface area contributed by atoms with Crippen LogP contribution in [0.4, 0.5) is 0 Å². The molecule has 4 aliphatic carbocycles. The van der Waals surface area contributed by atoms with E-state index in [1.807, 2.05) is 0 Å². The van der Waals surface area contributed by atoms with Crippen molar-refractivity contribution >= 4 is 36.6 Å². The molecule has 0 radical (unpaired) electrons. The monoisotopic (exact) mass is 324 g/mol. The van der Waals surface area contributed by atoms with Crippen LogP contribution in [-0.2, 0) is 9.59 Å². The van der Waals surface area contributed by atoms with Crippen LogP contribution in [0.2, 0.25) is 0 Å². The molecule has 6 N–H and O–H groups in total. The number of carbonyl (C=O) groups is 2. The molecule has 0 aromatic carbocycles. The van der Waals surface area contributed by atoms with E-state index in [-0.39, 0.29) is 48.5 Å². The summed E-state index contributed by atoms with van der Waals surface area (Å²) in [6.45, 7) is 0. The number of halogens is 2. The summed E-state index contributed by atoms with van der Waals surface area (Å²) in [6.07, 6.45) is 7.12. The summed E-state index contributed by atoms with van der Waals surface area (Å²) < 4.78 is 0. The molecule has 4 rings (SSSR count). The quantitative estimate of drug-likeness (QED) is 0.334. The van der Waals surface area contributed by atoms with Crippen molar-refractivity contribution in [2.75, 3.05) is 0 Å². The van der Waals surface area contributed by atoms with Gasteiger partial charge in [-0.15, -0.1) is 24.8 Å². The van der Waals surface area contributed by atoms with Gasteiger partial charge in [0.05, 0.1) is 0 Å². The first-order chi connectivity index (χ1) is 8.57. The molecule has 20 heavy (non-hydrogen) atoms. The van der Waals surface area contributed by atoms with E-state index in [4.69, 9.17) is 11.7 Å². The van der Waals surface area contributed by atoms with E-state index < -0.39 is 0 Å². The summed E-state index contributed by atoms with van der Waals surface area (Å²) in [6, 6.07) is 0. The van der Waals surface area contributed by atoms with Gasteiger partial charge in [-0.25, -0.2) is 11.7 Å². The summed E-state index contributed by atoms with van der Waals surface area (Å²) in [5.41, 5.74) is 5.26. The lowest BCUT2D eigenvalue weighted by Gasteiger charge is -1.92. The lowest BCUT2D eigenvalue weighted by atomic mass is 10.3. The molecule has 4 aliphatic rings. The zero-order valence-electron chi connectivity index (χ0n) is 11.2. The number of carbonyl (C=O) groups excluding carboxylic acids is 2. The third kappa shape index (κ3) is 3.03. The summed E-state index contributed by atoms with van der Waals surface area (Å²) in [4.78, 5) is 21.6. The van der Waals surface area contributed by atoms with Crippen LogP contribution < -0.4 is 22.5 Å². The molecule has 0 aromatic heterocycles. The molecule has 0 aromatic rings. The van der Waals surface area contributed by atoms with Crippen molar-refractivity contribution in [1.29, 1.82) is 0 Å². The number of hydrogen-bond acceptors (Lipinski definition) is 4. The third-order valence-corrected chi connectivity index (χ3v) is 5.08. The minimum absolute atomic E-state index is 0. The van der Waals surface area contributed by atoms with Crippen LogP contribution in [-0.4, -0.2) is 11.8 Å². The second kappa shape index (κ2) is 5.67. The Kier molecular flexibility index (Phi) is 4.96. The van der Waals surface area contributed by atoms with Gasteiger partial charge in [-0.05, 0) is 49.4 Å². The highest BCUT2D eigenvalue weighted by molar-refractivity contribution is 5.85. The van der Waals surface area contributed by atoms with Gasteiger partial charge < -0.3 is 0 Å². The number of hydrogen-bond donors (Lipinski definition) is 4. The molecule has 2 unspecified atom stereocenters. The molecule has 0 bridgehead atoms. The van der Waals surface area contributed by atoms with Crippen molar-refractivity contribution in [2.45, 2.75) is 38.5 Å². The third-order valence-electron chi connectivity index (χ3n) is 5.08. The summed E-state index contributed by atoms with van der Waals surface area (Å²) in [7, 11) is 0. The van der Waals surface area contributed by atoms with Gasteiger partial charge >= 0.3 is 0 Å². The van der Waals surface area contributed by atoms with Crippen molar-refractivity contribution in [3.8, 4) is 0 Å². The van der Waals surface area contributed by atoms with Gasteiger partial charge in [-0.3, -0.25) is 20.4 Å². The van der Waals surface area contributed by atoms with Crippen LogP contribution in [0.5, 0.6) is 0 Å². The summed E-state index contributed by atoms with van der Waals surface area (Å²) in [5, 5.41) is 0. The maximum atomic E-state index is 10.8. The van der Waals surface area contributed by atoms with Gasteiger partial charge in [0, 0.05) is 11.8 Å². The molecule has 0 saturated heterocycles. The van der Waals surface area contributed by atoms with Crippen molar-refractivity contribution in [3.63, 3.8) is 0 Å². The first-order valence-corrected chi connectivity index (χ1v) is 6.58. The topological polar surface area (TPSA) is 110 Å². The van der Waals surface area contributed by atoms with Crippen molar-refractivity contribution in [1.82, 2.24) is 10.9 Å². The van der Waals surface area contributed by atoms with E-state index in [9.17, 15) is 9.59 Å². The van der Waals surface area contributed by atoms with Crippen molar-refractivity contribution in [3.05, 3.63) is 0 Å². The number of nitrogens with one attached hydrogen (secondary N) is 2. The predicted octanol–water partition coefficient (Wildman–Crippen LogP) is 0.396. The molecule has 2 spiro atoms. The molecular weight excluding hydrogens is 303 g/mol.